The minimum Gasteiger partial charge on any atom is -0.445 e. The molecule has 1 aliphatic rings. The number of alkyl carbamates (subject to hydrolysis) is 1. The Bertz CT molecular complexity index is 486. The average molecular weight is 293 g/mol. The van der Waals surface area contributed by atoms with Gasteiger partial charge >= 0.3 is 6.09 Å². The van der Waals surface area contributed by atoms with Crippen molar-refractivity contribution >= 4 is 6.09 Å². The molecule has 0 aliphatic carbocycles. The zero-order valence-corrected chi connectivity index (χ0v) is 11.7. The van der Waals surface area contributed by atoms with Gasteiger partial charge in [-0.15, -0.1) is 0 Å². The van der Waals surface area contributed by atoms with Crippen molar-refractivity contribution in [1.82, 2.24) is 10.6 Å². The number of nitro groups is 1. The van der Waals surface area contributed by atoms with Gasteiger partial charge in [0.1, 0.15) is 12.1 Å². The second-order valence-electron chi connectivity index (χ2n) is 5.21. The van der Waals surface area contributed by atoms with Gasteiger partial charge in [0, 0.05) is 4.92 Å². The van der Waals surface area contributed by atoms with E-state index >= 15 is 0 Å². The second kappa shape index (κ2) is 7.03. The van der Waals surface area contributed by atoms with Crippen LogP contribution in [0.25, 0.3) is 0 Å². The molecule has 2 N–H and O–H groups in total. The van der Waals surface area contributed by atoms with E-state index in [-0.39, 0.29) is 18.1 Å². The van der Waals surface area contributed by atoms with Crippen molar-refractivity contribution in [3.05, 3.63) is 46.0 Å². The molecule has 0 saturated carbocycles. The number of carbonyl (C=O) groups excluding carboxylic acids is 1. The average Bonchev–Trinajstić information content (AvgIpc) is 2.46. The summed E-state index contributed by atoms with van der Waals surface area (Å²) in [4.78, 5) is 22.3. The van der Waals surface area contributed by atoms with Crippen LogP contribution in [-0.4, -0.2) is 36.2 Å². The Morgan fingerprint density at radius 3 is 2.62 bits per heavy atom. The zero-order chi connectivity index (χ0) is 15.1. The SMILES string of the molecule is O=C(NC1(C[N+](=O)[O-])CCNCC1)OCc1ccccc1. The number of carbonyl (C=O) groups is 1. The van der Waals surface area contributed by atoms with Crippen LogP contribution in [-0.2, 0) is 11.3 Å². The van der Waals surface area contributed by atoms with E-state index < -0.39 is 11.6 Å². The smallest absolute Gasteiger partial charge is 0.408 e. The molecule has 2 rings (SSSR count). The van der Waals surface area contributed by atoms with Crippen LogP contribution in [0.4, 0.5) is 4.79 Å². The minimum atomic E-state index is -0.817. The molecule has 0 bridgehead atoms. The number of ether oxygens (including phenoxy) is 1. The number of benzene rings is 1. The molecule has 21 heavy (non-hydrogen) atoms. The number of hydrogen-bond donors (Lipinski definition) is 2. The number of piperidine rings is 1. The molecule has 1 saturated heterocycles. The number of hydrogen-bond acceptors (Lipinski definition) is 5. The van der Waals surface area contributed by atoms with Crippen LogP contribution in [0.15, 0.2) is 30.3 Å². The summed E-state index contributed by atoms with van der Waals surface area (Å²) in [6.45, 7) is 1.16. The fraction of sp³-hybridized carbons (Fsp3) is 0.500. The molecule has 7 nitrogen and oxygen atoms in total. The molecule has 0 spiro atoms. The lowest BCUT2D eigenvalue weighted by Crippen LogP contribution is -2.58. The lowest BCUT2D eigenvalue weighted by atomic mass is 9.88. The summed E-state index contributed by atoms with van der Waals surface area (Å²) in [5.41, 5.74) is 0.0592. The number of nitrogens with zero attached hydrogens (tertiary/aromatic N) is 1. The number of rotatable bonds is 5. The van der Waals surface area contributed by atoms with E-state index in [1.54, 1.807) is 0 Å². The van der Waals surface area contributed by atoms with Crippen molar-refractivity contribution in [2.45, 2.75) is 25.0 Å². The Kier molecular flexibility index (Phi) is 5.10. The second-order valence-corrected chi connectivity index (χ2v) is 5.21. The van der Waals surface area contributed by atoms with Crippen molar-refractivity contribution in [1.29, 1.82) is 0 Å². The zero-order valence-electron chi connectivity index (χ0n) is 11.7. The quantitative estimate of drug-likeness (QED) is 0.630. The van der Waals surface area contributed by atoms with Crippen LogP contribution < -0.4 is 10.6 Å². The van der Waals surface area contributed by atoms with E-state index in [4.69, 9.17) is 4.74 Å². The first-order valence-electron chi connectivity index (χ1n) is 6.91. The summed E-state index contributed by atoms with van der Waals surface area (Å²) < 4.78 is 5.14. The van der Waals surface area contributed by atoms with Crippen LogP contribution in [0.2, 0.25) is 0 Å². The van der Waals surface area contributed by atoms with Gasteiger partial charge in [-0.25, -0.2) is 4.79 Å². The van der Waals surface area contributed by atoms with Gasteiger partial charge < -0.3 is 15.4 Å². The lowest BCUT2D eigenvalue weighted by molar-refractivity contribution is -0.491. The highest BCUT2D eigenvalue weighted by Crippen LogP contribution is 2.19. The summed E-state index contributed by atoms with van der Waals surface area (Å²) in [6.07, 6.45) is 0.436. The van der Waals surface area contributed by atoms with Gasteiger partial charge in [-0.05, 0) is 31.5 Å². The highest BCUT2D eigenvalue weighted by Gasteiger charge is 2.39. The molecular weight excluding hydrogens is 274 g/mol. The maximum absolute atomic E-state index is 11.9. The molecule has 1 amide bonds. The Balaban J connectivity index is 1.90. The van der Waals surface area contributed by atoms with Crippen LogP contribution in [0.1, 0.15) is 18.4 Å². The minimum absolute atomic E-state index is 0.152. The van der Waals surface area contributed by atoms with Crippen molar-refractivity contribution in [2.24, 2.45) is 0 Å². The van der Waals surface area contributed by atoms with Gasteiger partial charge in [0.25, 0.3) is 0 Å². The third kappa shape index (κ3) is 4.71. The summed E-state index contributed by atoms with van der Waals surface area (Å²) in [5, 5.41) is 16.6. The van der Waals surface area contributed by atoms with E-state index in [0.717, 1.165) is 5.56 Å². The summed E-state index contributed by atoms with van der Waals surface area (Å²) >= 11 is 0. The molecule has 114 valence electrons. The molecule has 1 aromatic carbocycles. The Hall–Kier alpha value is -2.15. The van der Waals surface area contributed by atoms with Crippen LogP contribution in [0, 0.1) is 10.1 Å². The van der Waals surface area contributed by atoms with Crippen LogP contribution in [0.5, 0.6) is 0 Å². The Morgan fingerprint density at radius 2 is 2.00 bits per heavy atom. The molecule has 1 fully saturated rings. The fourth-order valence-electron chi connectivity index (χ4n) is 2.45. The highest BCUT2D eigenvalue weighted by atomic mass is 16.6. The predicted octanol–water partition coefficient (Wildman–Crippen LogP) is 1.31. The molecular formula is C14H19N3O4. The maximum Gasteiger partial charge on any atom is 0.408 e. The van der Waals surface area contributed by atoms with Crippen LogP contribution in [0.3, 0.4) is 0 Å². The van der Waals surface area contributed by atoms with Gasteiger partial charge in [0.2, 0.25) is 6.54 Å². The molecule has 0 atom stereocenters. The molecule has 7 heteroatoms. The van der Waals surface area contributed by atoms with Gasteiger partial charge in [-0.1, -0.05) is 30.3 Å². The molecule has 0 radical (unpaired) electrons. The molecule has 1 aliphatic heterocycles. The first-order chi connectivity index (χ1) is 10.1. The Labute approximate surface area is 122 Å². The first-order valence-corrected chi connectivity index (χ1v) is 6.91. The summed E-state index contributed by atoms with van der Waals surface area (Å²) in [6, 6.07) is 9.30. The Morgan fingerprint density at radius 1 is 1.33 bits per heavy atom. The number of nitrogens with one attached hydrogen (secondary N) is 2. The topological polar surface area (TPSA) is 93.5 Å². The highest BCUT2D eigenvalue weighted by molar-refractivity contribution is 5.68. The predicted molar refractivity (Wildman–Crippen MR) is 76.5 cm³/mol. The summed E-state index contributed by atoms with van der Waals surface area (Å²) in [7, 11) is 0. The van der Waals surface area contributed by atoms with Gasteiger partial charge in [-0.3, -0.25) is 10.1 Å². The van der Waals surface area contributed by atoms with Crippen molar-refractivity contribution < 1.29 is 14.5 Å². The van der Waals surface area contributed by atoms with Gasteiger partial charge in [0.15, 0.2) is 0 Å². The van der Waals surface area contributed by atoms with E-state index in [9.17, 15) is 14.9 Å². The van der Waals surface area contributed by atoms with Crippen molar-refractivity contribution in [3.8, 4) is 0 Å². The van der Waals surface area contributed by atoms with E-state index in [1.807, 2.05) is 30.3 Å². The molecule has 1 aromatic rings. The first kappa shape index (κ1) is 15.2. The van der Waals surface area contributed by atoms with E-state index in [1.165, 1.54) is 0 Å². The van der Waals surface area contributed by atoms with E-state index in [0.29, 0.717) is 25.9 Å². The van der Waals surface area contributed by atoms with E-state index in [2.05, 4.69) is 10.6 Å². The fourth-order valence-corrected chi connectivity index (χ4v) is 2.45. The van der Waals surface area contributed by atoms with Crippen molar-refractivity contribution in [3.63, 3.8) is 0 Å². The molecule has 1 heterocycles. The third-order valence-corrected chi connectivity index (χ3v) is 3.57. The normalized spacial score (nSPS) is 17.0. The monoisotopic (exact) mass is 293 g/mol. The molecule has 0 aromatic heterocycles. The summed E-state index contributed by atoms with van der Waals surface area (Å²) in [5.74, 6) is 0. The van der Waals surface area contributed by atoms with Crippen molar-refractivity contribution in [2.75, 3.05) is 19.6 Å². The number of amides is 1. The van der Waals surface area contributed by atoms with Crippen LogP contribution >= 0.6 is 0 Å². The molecule has 0 unspecified atom stereocenters. The standard InChI is InChI=1S/C14H19N3O4/c18-13(21-10-12-4-2-1-3-5-12)16-14(11-17(19)20)6-8-15-9-7-14/h1-5,15H,6-11H2,(H,16,18). The van der Waals surface area contributed by atoms with Gasteiger partial charge in [0.05, 0.1) is 0 Å². The third-order valence-electron chi connectivity index (χ3n) is 3.57. The maximum atomic E-state index is 11.9. The lowest BCUT2D eigenvalue weighted by Gasteiger charge is -2.34. The largest absolute Gasteiger partial charge is 0.445 e. The van der Waals surface area contributed by atoms with Gasteiger partial charge in [-0.2, -0.15) is 0 Å².